The number of rotatable bonds is 7. The zero-order valence-electron chi connectivity index (χ0n) is 11.3. The maximum atomic E-state index is 13.7. The van der Waals surface area contributed by atoms with E-state index in [9.17, 15) is 4.39 Å². The van der Waals surface area contributed by atoms with Crippen molar-refractivity contribution in [3.63, 3.8) is 0 Å². The van der Waals surface area contributed by atoms with Gasteiger partial charge in [0.1, 0.15) is 5.82 Å². The molecule has 6 heteroatoms. The second kappa shape index (κ2) is 7.38. The number of methoxy groups -OCH3 is 1. The van der Waals surface area contributed by atoms with Crippen molar-refractivity contribution in [3.05, 3.63) is 52.6 Å². The van der Waals surface area contributed by atoms with Crippen LogP contribution in [0.2, 0.25) is 5.02 Å². The summed E-state index contributed by atoms with van der Waals surface area (Å²) in [6.45, 7) is 2.47. The molecule has 0 saturated heterocycles. The van der Waals surface area contributed by atoms with Crippen molar-refractivity contribution in [1.29, 1.82) is 0 Å². The van der Waals surface area contributed by atoms with E-state index in [0.29, 0.717) is 30.3 Å². The lowest BCUT2D eigenvalue weighted by Crippen LogP contribution is -2.18. The van der Waals surface area contributed by atoms with E-state index >= 15 is 0 Å². The molecule has 0 aliphatic heterocycles. The number of benzene rings is 1. The molecule has 2 aromatic rings. The van der Waals surface area contributed by atoms with Crippen LogP contribution in [0.5, 0.6) is 0 Å². The van der Waals surface area contributed by atoms with Crippen LogP contribution < -0.4 is 5.32 Å². The molecule has 1 aromatic carbocycles. The third-order valence-corrected chi connectivity index (χ3v) is 3.23. The highest BCUT2D eigenvalue weighted by Crippen LogP contribution is 2.19. The highest BCUT2D eigenvalue weighted by molar-refractivity contribution is 6.31. The van der Waals surface area contributed by atoms with Gasteiger partial charge in [0, 0.05) is 42.5 Å². The van der Waals surface area contributed by atoms with Crippen molar-refractivity contribution < 1.29 is 9.13 Å². The number of hydrogen-bond acceptors (Lipinski definition) is 3. The zero-order valence-corrected chi connectivity index (χ0v) is 12.0. The second-order valence-corrected chi connectivity index (χ2v) is 4.82. The van der Waals surface area contributed by atoms with E-state index < -0.39 is 0 Å². The van der Waals surface area contributed by atoms with Crippen LogP contribution in [0, 0.1) is 5.82 Å². The van der Waals surface area contributed by atoms with Crippen LogP contribution in [-0.4, -0.2) is 30.0 Å². The van der Waals surface area contributed by atoms with Crippen LogP contribution in [0.4, 0.5) is 4.39 Å². The smallest absolute Gasteiger partial charge is 0.129 e. The normalized spacial score (nSPS) is 10.9. The molecule has 0 atom stereocenters. The first-order chi connectivity index (χ1) is 9.70. The first-order valence-corrected chi connectivity index (χ1v) is 6.72. The summed E-state index contributed by atoms with van der Waals surface area (Å²) in [7, 11) is 1.66. The van der Waals surface area contributed by atoms with E-state index in [1.165, 1.54) is 6.07 Å². The Labute approximate surface area is 122 Å². The molecule has 1 aromatic heterocycles. The summed E-state index contributed by atoms with van der Waals surface area (Å²) in [5.41, 5.74) is 1.49. The van der Waals surface area contributed by atoms with E-state index in [0.717, 1.165) is 12.1 Å². The molecule has 0 radical (unpaired) electrons. The Balaban J connectivity index is 1.96. The van der Waals surface area contributed by atoms with E-state index in [2.05, 4.69) is 10.4 Å². The molecule has 0 aliphatic carbocycles. The van der Waals surface area contributed by atoms with Gasteiger partial charge in [-0.1, -0.05) is 17.7 Å². The van der Waals surface area contributed by atoms with Crippen LogP contribution in [0.25, 0.3) is 0 Å². The monoisotopic (exact) mass is 297 g/mol. The Hall–Kier alpha value is -1.43. The Morgan fingerprint density at radius 1 is 1.45 bits per heavy atom. The minimum Gasteiger partial charge on any atom is -0.383 e. The van der Waals surface area contributed by atoms with Crippen molar-refractivity contribution in [3.8, 4) is 0 Å². The SMILES string of the molecule is COCCNCc1cnn(Cc2c(F)cccc2Cl)c1. The van der Waals surface area contributed by atoms with Crippen molar-refractivity contribution >= 4 is 11.6 Å². The van der Waals surface area contributed by atoms with Gasteiger partial charge in [0.05, 0.1) is 19.3 Å². The molecule has 2 rings (SSSR count). The summed E-state index contributed by atoms with van der Waals surface area (Å²) in [6.07, 6.45) is 3.64. The molecule has 0 bridgehead atoms. The summed E-state index contributed by atoms with van der Waals surface area (Å²) in [5, 5.41) is 7.85. The molecule has 0 saturated carbocycles. The Kier molecular flexibility index (Phi) is 5.52. The molecule has 0 fully saturated rings. The molecule has 4 nitrogen and oxygen atoms in total. The quantitative estimate of drug-likeness (QED) is 0.798. The third-order valence-electron chi connectivity index (χ3n) is 2.88. The summed E-state index contributed by atoms with van der Waals surface area (Å²) < 4.78 is 20.3. The maximum Gasteiger partial charge on any atom is 0.129 e. The van der Waals surface area contributed by atoms with Gasteiger partial charge < -0.3 is 10.1 Å². The maximum absolute atomic E-state index is 13.7. The molecular weight excluding hydrogens is 281 g/mol. The van der Waals surface area contributed by atoms with Crippen molar-refractivity contribution in [1.82, 2.24) is 15.1 Å². The fraction of sp³-hybridized carbons (Fsp3) is 0.357. The van der Waals surface area contributed by atoms with Gasteiger partial charge in [0.15, 0.2) is 0 Å². The number of ether oxygens (including phenoxy) is 1. The predicted octanol–water partition coefficient (Wildman–Crippen LogP) is 2.46. The zero-order chi connectivity index (χ0) is 14.4. The molecular formula is C14H17ClFN3O. The first kappa shape index (κ1) is 15.0. The van der Waals surface area contributed by atoms with E-state index in [1.54, 1.807) is 30.1 Å². The summed E-state index contributed by atoms with van der Waals surface area (Å²) in [4.78, 5) is 0. The van der Waals surface area contributed by atoms with Crippen LogP contribution in [0.3, 0.4) is 0 Å². The molecule has 0 spiro atoms. The van der Waals surface area contributed by atoms with Crippen molar-refractivity contribution in [2.75, 3.05) is 20.3 Å². The number of aromatic nitrogens is 2. The summed E-state index contributed by atoms with van der Waals surface area (Å²) in [6, 6.07) is 4.67. The fourth-order valence-corrected chi connectivity index (χ4v) is 2.06. The second-order valence-electron chi connectivity index (χ2n) is 4.42. The van der Waals surface area contributed by atoms with Gasteiger partial charge in [-0.15, -0.1) is 0 Å². The van der Waals surface area contributed by atoms with Gasteiger partial charge in [0.2, 0.25) is 0 Å². The molecule has 0 aliphatic rings. The lowest BCUT2D eigenvalue weighted by atomic mass is 10.2. The van der Waals surface area contributed by atoms with Gasteiger partial charge in [-0.05, 0) is 12.1 Å². The highest BCUT2D eigenvalue weighted by Gasteiger charge is 2.08. The molecule has 108 valence electrons. The number of nitrogens with one attached hydrogen (secondary N) is 1. The van der Waals surface area contributed by atoms with E-state index in [-0.39, 0.29) is 5.82 Å². The topological polar surface area (TPSA) is 39.1 Å². The Bertz CT molecular complexity index is 539. The van der Waals surface area contributed by atoms with Gasteiger partial charge in [-0.2, -0.15) is 5.10 Å². The van der Waals surface area contributed by atoms with Gasteiger partial charge in [0.25, 0.3) is 0 Å². The van der Waals surface area contributed by atoms with E-state index in [1.807, 2.05) is 6.20 Å². The summed E-state index contributed by atoms with van der Waals surface area (Å²) >= 11 is 6.00. The lowest BCUT2D eigenvalue weighted by molar-refractivity contribution is 0.199. The van der Waals surface area contributed by atoms with Crippen LogP contribution >= 0.6 is 11.6 Å². The lowest BCUT2D eigenvalue weighted by Gasteiger charge is -2.05. The Morgan fingerprint density at radius 2 is 2.30 bits per heavy atom. The van der Waals surface area contributed by atoms with Gasteiger partial charge >= 0.3 is 0 Å². The van der Waals surface area contributed by atoms with Crippen molar-refractivity contribution in [2.45, 2.75) is 13.1 Å². The largest absolute Gasteiger partial charge is 0.383 e. The van der Waals surface area contributed by atoms with Gasteiger partial charge in [-0.3, -0.25) is 4.68 Å². The van der Waals surface area contributed by atoms with E-state index in [4.69, 9.17) is 16.3 Å². The number of nitrogens with zero attached hydrogens (tertiary/aromatic N) is 2. The molecule has 1 N–H and O–H groups in total. The molecule has 0 amide bonds. The number of hydrogen-bond donors (Lipinski definition) is 1. The van der Waals surface area contributed by atoms with Crippen LogP contribution in [0.1, 0.15) is 11.1 Å². The molecule has 0 unspecified atom stereocenters. The third kappa shape index (κ3) is 4.03. The molecule has 1 heterocycles. The van der Waals surface area contributed by atoms with Crippen LogP contribution in [0.15, 0.2) is 30.6 Å². The minimum atomic E-state index is -0.312. The standard InChI is InChI=1S/C14H17ClFN3O/c1-20-6-5-17-7-11-8-18-19(9-11)10-12-13(15)3-2-4-14(12)16/h2-4,8-9,17H,5-7,10H2,1H3. The van der Waals surface area contributed by atoms with Gasteiger partial charge in [-0.25, -0.2) is 4.39 Å². The highest BCUT2D eigenvalue weighted by atomic mass is 35.5. The number of halogens is 2. The fourth-order valence-electron chi connectivity index (χ4n) is 1.84. The average Bonchev–Trinajstić information content (AvgIpc) is 2.87. The molecule has 20 heavy (non-hydrogen) atoms. The average molecular weight is 298 g/mol. The van der Waals surface area contributed by atoms with Crippen molar-refractivity contribution in [2.24, 2.45) is 0 Å². The predicted molar refractivity (Wildman–Crippen MR) is 76.3 cm³/mol. The minimum absolute atomic E-state index is 0.312. The summed E-state index contributed by atoms with van der Waals surface area (Å²) in [5.74, 6) is -0.312. The Morgan fingerprint density at radius 3 is 3.05 bits per heavy atom. The van der Waals surface area contributed by atoms with Crippen LogP contribution in [-0.2, 0) is 17.8 Å². The first-order valence-electron chi connectivity index (χ1n) is 6.34.